The van der Waals surface area contributed by atoms with Gasteiger partial charge in [0.1, 0.15) is 0 Å². The number of likely N-dealkylation sites (N-methyl/N-ethyl adjacent to an activating group) is 1. The summed E-state index contributed by atoms with van der Waals surface area (Å²) in [5.41, 5.74) is 0.783. The van der Waals surface area contributed by atoms with Crippen LogP contribution in [0, 0.1) is 5.92 Å². The maximum Gasteiger partial charge on any atom is 0.261 e. The Morgan fingerprint density at radius 1 is 1.48 bits per heavy atom. The number of hydrogen-bond acceptors (Lipinski definition) is 4. The molecule has 1 fully saturated rings. The Hall–Kier alpha value is -1.72. The molecule has 1 aromatic heterocycles. The molecule has 1 N–H and O–H groups in total. The van der Waals surface area contributed by atoms with Crippen molar-refractivity contribution in [2.45, 2.75) is 25.9 Å². The molecule has 0 saturated carbocycles. The van der Waals surface area contributed by atoms with E-state index >= 15 is 0 Å². The molecule has 0 amide bonds. The summed E-state index contributed by atoms with van der Waals surface area (Å²) in [6.45, 7) is 5.20. The van der Waals surface area contributed by atoms with E-state index < -0.39 is 0 Å². The van der Waals surface area contributed by atoms with Gasteiger partial charge >= 0.3 is 0 Å². The van der Waals surface area contributed by atoms with Crippen LogP contribution in [0.4, 0.5) is 0 Å². The van der Waals surface area contributed by atoms with E-state index in [0.717, 1.165) is 31.7 Å². The number of rotatable bonds is 5. The molecule has 0 bridgehead atoms. The van der Waals surface area contributed by atoms with Crippen LogP contribution in [0.2, 0.25) is 0 Å². The van der Waals surface area contributed by atoms with Gasteiger partial charge < -0.3 is 10.1 Å². The van der Waals surface area contributed by atoms with Gasteiger partial charge in [0.2, 0.25) is 0 Å². The topological polar surface area (TPSA) is 56.2 Å². The lowest BCUT2D eigenvalue weighted by Crippen LogP contribution is -2.42. The highest BCUT2D eigenvalue weighted by molar-refractivity contribution is 5.76. The van der Waals surface area contributed by atoms with Crippen molar-refractivity contribution in [3.63, 3.8) is 0 Å². The molecule has 5 heteroatoms. The molecule has 0 aliphatic carbocycles. The molecular formula is C16H21N3O2. The van der Waals surface area contributed by atoms with Crippen molar-refractivity contribution in [3.05, 3.63) is 40.9 Å². The van der Waals surface area contributed by atoms with Crippen LogP contribution in [0.25, 0.3) is 10.9 Å². The number of aromatic nitrogens is 2. The first-order chi connectivity index (χ1) is 10.3. The monoisotopic (exact) mass is 287 g/mol. The maximum atomic E-state index is 12.5. The average molecular weight is 287 g/mol. The Kier molecular flexibility index (Phi) is 4.31. The number of nitrogens with zero attached hydrogens (tertiary/aromatic N) is 2. The number of hydrogen-bond donors (Lipinski definition) is 1. The van der Waals surface area contributed by atoms with E-state index in [2.05, 4.69) is 17.2 Å². The SMILES string of the molecule is CCNC(Cn1cnc2ccccc2c1=O)C1CCOC1. The van der Waals surface area contributed by atoms with E-state index in [0.29, 0.717) is 17.8 Å². The van der Waals surface area contributed by atoms with Crippen LogP contribution in [0.5, 0.6) is 0 Å². The predicted molar refractivity (Wildman–Crippen MR) is 82.4 cm³/mol. The summed E-state index contributed by atoms with van der Waals surface area (Å²) in [6.07, 6.45) is 2.71. The Balaban J connectivity index is 1.88. The summed E-state index contributed by atoms with van der Waals surface area (Å²) in [5.74, 6) is 0.461. The average Bonchev–Trinajstić information content (AvgIpc) is 3.04. The molecule has 21 heavy (non-hydrogen) atoms. The fourth-order valence-corrected chi connectivity index (χ4v) is 2.96. The number of fused-ring (bicyclic) bond motifs is 1. The fraction of sp³-hybridized carbons (Fsp3) is 0.500. The number of ether oxygens (including phenoxy) is 1. The van der Waals surface area contributed by atoms with Crippen LogP contribution in [0.1, 0.15) is 13.3 Å². The Morgan fingerprint density at radius 2 is 2.33 bits per heavy atom. The van der Waals surface area contributed by atoms with Gasteiger partial charge in [0.25, 0.3) is 5.56 Å². The van der Waals surface area contributed by atoms with Gasteiger partial charge in [-0.25, -0.2) is 4.98 Å². The summed E-state index contributed by atoms with van der Waals surface area (Å²) in [7, 11) is 0. The third-order valence-electron chi connectivity index (χ3n) is 4.13. The Labute approximate surface area is 124 Å². The lowest BCUT2D eigenvalue weighted by atomic mass is 9.99. The normalized spacial score (nSPS) is 20.0. The van der Waals surface area contributed by atoms with Gasteiger partial charge in [-0.1, -0.05) is 19.1 Å². The van der Waals surface area contributed by atoms with Crippen molar-refractivity contribution in [2.24, 2.45) is 5.92 Å². The van der Waals surface area contributed by atoms with Crippen molar-refractivity contribution in [1.82, 2.24) is 14.9 Å². The van der Waals surface area contributed by atoms with Crippen LogP contribution in [0.3, 0.4) is 0 Å². The molecule has 1 aliphatic rings. The summed E-state index contributed by atoms with van der Waals surface area (Å²) in [6, 6.07) is 7.73. The Bertz CT molecular complexity index is 662. The number of nitrogens with one attached hydrogen (secondary N) is 1. The third kappa shape index (κ3) is 2.99. The van der Waals surface area contributed by atoms with E-state index in [1.165, 1.54) is 0 Å². The molecule has 0 spiro atoms. The van der Waals surface area contributed by atoms with Crippen molar-refractivity contribution in [3.8, 4) is 0 Å². The maximum absolute atomic E-state index is 12.5. The standard InChI is InChI=1S/C16H21N3O2/c1-2-17-15(12-7-8-21-10-12)9-19-11-18-14-6-4-3-5-13(14)16(19)20/h3-6,11-12,15,17H,2,7-10H2,1H3. The highest BCUT2D eigenvalue weighted by atomic mass is 16.5. The largest absolute Gasteiger partial charge is 0.381 e. The van der Waals surface area contributed by atoms with Crippen LogP contribution in [0.15, 0.2) is 35.4 Å². The minimum Gasteiger partial charge on any atom is -0.381 e. The zero-order chi connectivity index (χ0) is 14.7. The smallest absolute Gasteiger partial charge is 0.261 e. The molecule has 2 atom stereocenters. The van der Waals surface area contributed by atoms with Gasteiger partial charge in [-0.15, -0.1) is 0 Å². The molecule has 2 heterocycles. The van der Waals surface area contributed by atoms with Gasteiger partial charge in [-0.05, 0) is 25.1 Å². The second kappa shape index (κ2) is 6.37. The van der Waals surface area contributed by atoms with Crippen LogP contribution in [-0.4, -0.2) is 35.4 Å². The van der Waals surface area contributed by atoms with Crippen molar-refractivity contribution >= 4 is 10.9 Å². The molecule has 1 saturated heterocycles. The molecule has 0 radical (unpaired) electrons. The highest BCUT2D eigenvalue weighted by Gasteiger charge is 2.25. The molecule has 112 valence electrons. The first kappa shape index (κ1) is 14.2. The van der Waals surface area contributed by atoms with E-state index in [1.54, 1.807) is 10.9 Å². The molecule has 3 rings (SSSR count). The van der Waals surface area contributed by atoms with Gasteiger partial charge in [-0.3, -0.25) is 9.36 Å². The van der Waals surface area contributed by atoms with Crippen molar-refractivity contribution in [1.29, 1.82) is 0 Å². The summed E-state index contributed by atoms with van der Waals surface area (Å²) >= 11 is 0. The van der Waals surface area contributed by atoms with Crippen LogP contribution >= 0.6 is 0 Å². The van der Waals surface area contributed by atoms with E-state index in [-0.39, 0.29) is 11.6 Å². The lowest BCUT2D eigenvalue weighted by molar-refractivity contribution is 0.173. The van der Waals surface area contributed by atoms with Crippen molar-refractivity contribution < 1.29 is 4.74 Å². The van der Waals surface area contributed by atoms with Crippen LogP contribution in [-0.2, 0) is 11.3 Å². The van der Waals surface area contributed by atoms with E-state index in [9.17, 15) is 4.79 Å². The van der Waals surface area contributed by atoms with Gasteiger partial charge in [0.15, 0.2) is 0 Å². The first-order valence-electron chi connectivity index (χ1n) is 7.55. The fourth-order valence-electron chi connectivity index (χ4n) is 2.96. The molecule has 2 aromatic rings. The molecule has 1 aromatic carbocycles. The van der Waals surface area contributed by atoms with Gasteiger partial charge in [0, 0.05) is 25.1 Å². The molecular weight excluding hydrogens is 266 g/mol. The third-order valence-corrected chi connectivity index (χ3v) is 4.13. The summed E-state index contributed by atoms with van der Waals surface area (Å²) < 4.78 is 7.20. The summed E-state index contributed by atoms with van der Waals surface area (Å²) in [4.78, 5) is 16.9. The van der Waals surface area contributed by atoms with Crippen molar-refractivity contribution in [2.75, 3.05) is 19.8 Å². The van der Waals surface area contributed by atoms with Gasteiger partial charge in [0.05, 0.1) is 23.8 Å². The zero-order valence-electron chi connectivity index (χ0n) is 12.3. The highest BCUT2D eigenvalue weighted by Crippen LogP contribution is 2.18. The van der Waals surface area contributed by atoms with E-state index in [4.69, 9.17) is 4.74 Å². The van der Waals surface area contributed by atoms with Gasteiger partial charge in [-0.2, -0.15) is 0 Å². The first-order valence-corrected chi connectivity index (χ1v) is 7.55. The lowest BCUT2D eigenvalue weighted by Gasteiger charge is -2.24. The molecule has 5 nitrogen and oxygen atoms in total. The summed E-state index contributed by atoms with van der Waals surface area (Å²) in [5, 5.41) is 4.16. The second-order valence-electron chi connectivity index (χ2n) is 5.51. The Morgan fingerprint density at radius 3 is 3.10 bits per heavy atom. The number of para-hydroxylation sites is 1. The second-order valence-corrected chi connectivity index (χ2v) is 5.51. The quantitative estimate of drug-likeness (QED) is 0.903. The number of benzene rings is 1. The minimum atomic E-state index is 0.0300. The van der Waals surface area contributed by atoms with E-state index in [1.807, 2.05) is 24.3 Å². The molecule has 2 unspecified atom stereocenters. The predicted octanol–water partition coefficient (Wildman–Crippen LogP) is 1.41. The molecule has 1 aliphatic heterocycles. The zero-order valence-corrected chi connectivity index (χ0v) is 12.3. The minimum absolute atomic E-state index is 0.0300. The van der Waals surface area contributed by atoms with Crippen LogP contribution < -0.4 is 10.9 Å².